The van der Waals surface area contributed by atoms with Gasteiger partial charge in [-0.3, -0.25) is 4.79 Å². The van der Waals surface area contributed by atoms with Crippen LogP contribution in [0.4, 0.5) is 0 Å². The van der Waals surface area contributed by atoms with Crippen molar-refractivity contribution in [3.63, 3.8) is 0 Å². The molecule has 3 N–H and O–H groups in total. The summed E-state index contributed by atoms with van der Waals surface area (Å²) < 4.78 is 0. The van der Waals surface area contributed by atoms with E-state index in [2.05, 4.69) is 0 Å². The summed E-state index contributed by atoms with van der Waals surface area (Å²) in [6.45, 7) is 0. The van der Waals surface area contributed by atoms with E-state index in [0.717, 1.165) is 5.75 Å². The third-order valence-corrected chi connectivity index (χ3v) is 1.59. The topological polar surface area (TPSA) is 63.3 Å². The van der Waals surface area contributed by atoms with Crippen LogP contribution < -0.4 is 5.73 Å². The van der Waals surface area contributed by atoms with Gasteiger partial charge in [0, 0.05) is 0 Å². The fourth-order valence-electron chi connectivity index (χ4n) is 0.368. The molecule has 0 radical (unpaired) electrons. The van der Waals surface area contributed by atoms with Crippen LogP contribution in [0.3, 0.4) is 0 Å². The van der Waals surface area contributed by atoms with Gasteiger partial charge < -0.3 is 10.8 Å². The zero-order chi connectivity index (χ0) is 7.28. The molecule has 0 unspecified atom stereocenters. The van der Waals surface area contributed by atoms with Crippen LogP contribution in [-0.4, -0.2) is 46.2 Å². The molecule has 0 aromatic rings. The number of hydrogen-bond donors (Lipinski definition) is 2. The van der Waals surface area contributed by atoms with Gasteiger partial charge in [-0.05, 0) is 18.4 Å². The summed E-state index contributed by atoms with van der Waals surface area (Å²) in [5.41, 5.74) is 5.19. The van der Waals surface area contributed by atoms with Crippen molar-refractivity contribution in [1.82, 2.24) is 0 Å². The number of thioether (sulfide) groups is 1. The average molecular weight is 230 g/mol. The molecule has 0 fully saturated rings. The first-order valence-electron chi connectivity index (χ1n) is 2.65. The third-order valence-electron chi connectivity index (χ3n) is 0.950. The minimum atomic E-state index is -0.913. The first kappa shape index (κ1) is 12.9. The van der Waals surface area contributed by atoms with Gasteiger partial charge in [0.2, 0.25) is 0 Å². The molecule has 62 valence electrons. The van der Waals surface area contributed by atoms with Gasteiger partial charge in [-0.25, -0.2) is 0 Å². The van der Waals surface area contributed by atoms with Crippen molar-refractivity contribution < 1.29 is 9.90 Å². The second-order valence-electron chi connectivity index (χ2n) is 1.73. The molecule has 0 aromatic heterocycles. The van der Waals surface area contributed by atoms with E-state index in [1.54, 1.807) is 11.8 Å². The van der Waals surface area contributed by atoms with Crippen molar-refractivity contribution in [2.24, 2.45) is 5.73 Å². The molecule has 10 heavy (non-hydrogen) atoms. The Morgan fingerprint density at radius 3 is 2.60 bits per heavy atom. The summed E-state index contributed by atoms with van der Waals surface area (Å²) >= 11 is 1.60. The summed E-state index contributed by atoms with van der Waals surface area (Å²) in [5.74, 6) is -0.1000. The van der Waals surface area contributed by atoms with Crippen molar-refractivity contribution in [3.05, 3.63) is 0 Å². The Balaban J connectivity index is 0. The number of aliphatic carboxylic acids is 1. The number of carbonyl (C=O) groups is 1. The van der Waals surface area contributed by atoms with E-state index in [4.69, 9.17) is 10.8 Å². The summed E-state index contributed by atoms with van der Waals surface area (Å²) in [4.78, 5) is 10.1. The number of carboxylic acids is 1. The zero-order valence-corrected chi connectivity index (χ0v) is 8.75. The van der Waals surface area contributed by atoms with Crippen molar-refractivity contribution in [1.29, 1.82) is 0 Å². The van der Waals surface area contributed by atoms with Gasteiger partial charge in [0.15, 0.2) is 0 Å². The van der Waals surface area contributed by atoms with E-state index in [9.17, 15) is 4.79 Å². The minimum absolute atomic E-state index is 0. The molecule has 0 aliphatic heterocycles. The standard InChI is InChI=1S/C5H11NO2S.H2Se/c1-9-3-2-4(6)5(7)8;/h4H,2-3,6H2,1H3,(H,7,8);1H2/t4-;/m0./s1. The van der Waals surface area contributed by atoms with E-state index in [1.165, 1.54) is 0 Å². The van der Waals surface area contributed by atoms with Gasteiger partial charge in [-0.1, -0.05) is 0 Å². The van der Waals surface area contributed by atoms with Crippen molar-refractivity contribution in [2.45, 2.75) is 12.5 Å². The summed E-state index contributed by atoms with van der Waals surface area (Å²) in [6, 6.07) is -0.683. The Bertz CT molecular complexity index is 102. The molecule has 0 amide bonds. The van der Waals surface area contributed by atoms with E-state index in [1.807, 2.05) is 6.26 Å². The number of rotatable bonds is 4. The molecule has 0 aromatic carbocycles. The second kappa shape index (κ2) is 7.41. The summed E-state index contributed by atoms with van der Waals surface area (Å²) in [6.07, 6.45) is 2.48. The normalized spacial score (nSPS) is 11.8. The van der Waals surface area contributed by atoms with Gasteiger partial charge in [-0.15, -0.1) is 0 Å². The summed E-state index contributed by atoms with van der Waals surface area (Å²) in [5, 5.41) is 8.27. The SMILES string of the molecule is CSCC[C@H](N)C(=O)O.[SeH2]. The molecule has 3 nitrogen and oxygen atoms in total. The fourth-order valence-corrected chi connectivity index (χ4v) is 0.858. The zero-order valence-electron chi connectivity index (χ0n) is 5.83. The van der Waals surface area contributed by atoms with Crippen LogP contribution in [0.5, 0.6) is 0 Å². The predicted molar refractivity (Wildman–Crippen MR) is 47.2 cm³/mol. The predicted octanol–water partition coefficient (Wildman–Crippen LogP) is -0.765. The van der Waals surface area contributed by atoms with Gasteiger partial charge in [-0.2, -0.15) is 11.8 Å². The molecule has 0 heterocycles. The van der Waals surface area contributed by atoms with Crippen LogP contribution in [0.25, 0.3) is 0 Å². The molecule has 0 saturated carbocycles. The number of hydrogen-bond acceptors (Lipinski definition) is 3. The molecule has 0 spiro atoms. The van der Waals surface area contributed by atoms with Crippen LogP contribution >= 0.6 is 11.8 Å². The Hall–Kier alpha value is 0.299. The first-order valence-corrected chi connectivity index (χ1v) is 4.05. The van der Waals surface area contributed by atoms with Gasteiger partial charge in [0.05, 0.1) is 0 Å². The van der Waals surface area contributed by atoms with Crippen molar-refractivity contribution in [3.8, 4) is 0 Å². The molecule has 5 heteroatoms. The molecule has 1 atom stereocenters. The molecule has 0 bridgehead atoms. The van der Waals surface area contributed by atoms with Gasteiger partial charge in [0.1, 0.15) is 6.04 Å². The van der Waals surface area contributed by atoms with Crippen molar-refractivity contribution in [2.75, 3.05) is 12.0 Å². The average Bonchev–Trinajstić information content (AvgIpc) is 1.82. The monoisotopic (exact) mass is 231 g/mol. The Morgan fingerprint density at radius 2 is 2.30 bits per heavy atom. The maximum atomic E-state index is 10.1. The quantitative estimate of drug-likeness (QED) is 0.623. The maximum absolute atomic E-state index is 10.1. The molecule has 0 aliphatic carbocycles. The first-order chi connectivity index (χ1) is 4.18. The molecule has 0 rings (SSSR count). The molecular formula is C5H13NO2SSe. The second-order valence-corrected chi connectivity index (χ2v) is 2.71. The van der Waals surface area contributed by atoms with Crippen molar-refractivity contribution >= 4 is 34.8 Å². The van der Waals surface area contributed by atoms with Crippen LogP contribution in [-0.2, 0) is 4.79 Å². The molecule has 0 saturated heterocycles. The van der Waals surface area contributed by atoms with Gasteiger partial charge in [0.25, 0.3) is 0 Å². The molecule has 0 aliphatic rings. The Morgan fingerprint density at radius 1 is 1.80 bits per heavy atom. The van der Waals surface area contributed by atoms with E-state index in [0.29, 0.717) is 6.42 Å². The third kappa shape index (κ3) is 6.42. The number of nitrogens with two attached hydrogens (primary N) is 1. The Labute approximate surface area is 75.2 Å². The van der Waals surface area contributed by atoms with E-state index in [-0.39, 0.29) is 17.1 Å². The molecular weight excluding hydrogens is 217 g/mol. The van der Waals surface area contributed by atoms with Crippen LogP contribution in [0.15, 0.2) is 0 Å². The van der Waals surface area contributed by atoms with Crippen LogP contribution in [0.1, 0.15) is 6.42 Å². The summed E-state index contributed by atoms with van der Waals surface area (Å²) in [7, 11) is 0. The fraction of sp³-hybridized carbons (Fsp3) is 0.800. The Kier molecular flexibility index (Phi) is 9.58. The number of carboxylic acid groups (broad SMARTS) is 1. The van der Waals surface area contributed by atoms with Gasteiger partial charge >= 0.3 is 23.0 Å². The van der Waals surface area contributed by atoms with E-state index >= 15 is 0 Å². The van der Waals surface area contributed by atoms with E-state index < -0.39 is 12.0 Å². The van der Waals surface area contributed by atoms with Crippen LogP contribution in [0.2, 0.25) is 0 Å². The van der Waals surface area contributed by atoms with Crippen LogP contribution in [0, 0.1) is 0 Å².